The third-order valence-corrected chi connectivity index (χ3v) is 3.75. The van der Waals surface area contributed by atoms with Gasteiger partial charge in [-0.05, 0) is 24.0 Å². The lowest BCUT2D eigenvalue weighted by Gasteiger charge is -2.28. The van der Waals surface area contributed by atoms with Gasteiger partial charge in [0.2, 0.25) is 0 Å². The highest BCUT2D eigenvalue weighted by Gasteiger charge is 2.33. The van der Waals surface area contributed by atoms with E-state index in [-0.39, 0.29) is 24.4 Å². The molecule has 1 amide bonds. The van der Waals surface area contributed by atoms with Gasteiger partial charge in [-0.25, -0.2) is 0 Å². The number of carbonyl (C=O) groups is 1. The molecule has 1 aromatic carbocycles. The summed E-state index contributed by atoms with van der Waals surface area (Å²) < 4.78 is 5.68. The van der Waals surface area contributed by atoms with Crippen LogP contribution in [-0.4, -0.2) is 36.5 Å². The number of rotatable bonds is 1. The fraction of sp³-hybridized carbons (Fsp3) is 0.500. The van der Waals surface area contributed by atoms with Gasteiger partial charge >= 0.3 is 0 Å². The van der Waals surface area contributed by atoms with Gasteiger partial charge in [0.1, 0.15) is 0 Å². The van der Waals surface area contributed by atoms with Crippen molar-refractivity contribution < 1.29 is 9.53 Å². The first-order chi connectivity index (χ1) is 8.75. The molecular formula is C14H19ClN2O2. The van der Waals surface area contributed by atoms with Crippen LogP contribution in [0.3, 0.4) is 0 Å². The Labute approximate surface area is 119 Å². The maximum Gasteiger partial charge on any atom is 0.256 e. The van der Waals surface area contributed by atoms with Crippen molar-refractivity contribution >= 4 is 18.3 Å². The Morgan fingerprint density at radius 2 is 2.16 bits per heavy atom. The first-order valence-electron chi connectivity index (χ1n) is 6.49. The van der Waals surface area contributed by atoms with Gasteiger partial charge < -0.3 is 15.4 Å². The van der Waals surface area contributed by atoms with Crippen LogP contribution in [0.25, 0.3) is 0 Å². The number of hydrogen-bond donors (Lipinski definition) is 1. The average molecular weight is 283 g/mol. The second-order valence-electron chi connectivity index (χ2n) is 5.03. The van der Waals surface area contributed by atoms with Crippen LogP contribution in [0.5, 0.6) is 0 Å². The Morgan fingerprint density at radius 3 is 2.89 bits per heavy atom. The summed E-state index contributed by atoms with van der Waals surface area (Å²) in [6, 6.07) is 8.16. The molecule has 0 radical (unpaired) electrons. The monoisotopic (exact) mass is 282 g/mol. The largest absolute Gasteiger partial charge is 0.363 e. The van der Waals surface area contributed by atoms with Gasteiger partial charge in [0.25, 0.3) is 5.91 Å². The summed E-state index contributed by atoms with van der Waals surface area (Å²) in [6.07, 6.45) is 1.35. The Hall–Kier alpha value is -1.10. The molecule has 19 heavy (non-hydrogen) atoms. The number of carbonyl (C=O) groups excluding carboxylic acids is 1. The van der Waals surface area contributed by atoms with Crippen molar-refractivity contribution in [2.45, 2.75) is 25.0 Å². The van der Waals surface area contributed by atoms with E-state index in [1.807, 2.05) is 23.1 Å². The molecule has 2 aliphatic rings. The van der Waals surface area contributed by atoms with Crippen LogP contribution in [0.15, 0.2) is 24.3 Å². The molecule has 4 nitrogen and oxygen atoms in total. The van der Waals surface area contributed by atoms with Crippen LogP contribution in [0.4, 0.5) is 0 Å². The van der Waals surface area contributed by atoms with E-state index in [0.29, 0.717) is 13.2 Å². The smallest absolute Gasteiger partial charge is 0.256 e. The SMILES string of the molecule is Cl.N[C@H]1CCN(C(=O)C2OCCc3ccccc32)C1. The van der Waals surface area contributed by atoms with Gasteiger partial charge in [-0.3, -0.25) is 4.79 Å². The van der Waals surface area contributed by atoms with E-state index >= 15 is 0 Å². The van der Waals surface area contributed by atoms with Gasteiger partial charge in [-0.2, -0.15) is 0 Å². The number of fused-ring (bicyclic) bond motifs is 1. The van der Waals surface area contributed by atoms with Crippen LogP contribution in [0, 0.1) is 0 Å². The molecule has 1 fully saturated rings. The second-order valence-corrected chi connectivity index (χ2v) is 5.03. The zero-order valence-corrected chi connectivity index (χ0v) is 11.6. The summed E-state index contributed by atoms with van der Waals surface area (Å²) in [5, 5.41) is 0. The molecular weight excluding hydrogens is 264 g/mol. The highest BCUT2D eigenvalue weighted by Crippen LogP contribution is 2.29. The average Bonchev–Trinajstić information content (AvgIpc) is 2.84. The molecule has 1 aromatic rings. The molecule has 0 aromatic heterocycles. The lowest BCUT2D eigenvalue weighted by atomic mass is 9.97. The highest BCUT2D eigenvalue weighted by atomic mass is 35.5. The van der Waals surface area contributed by atoms with Crippen molar-refractivity contribution in [3.63, 3.8) is 0 Å². The Kier molecular flexibility index (Phi) is 4.45. The predicted molar refractivity (Wildman–Crippen MR) is 75.3 cm³/mol. The van der Waals surface area contributed by atoms with Crippen LogP contribution >= 0.6 is 12.4 Å². The van der Waals surface area contributed by atoms with E-state index in [1.165, 1.54) is 5.56 Å². The summed E-state index contributed by atoms with van der Waals surface area (Å²) in [5.41, 5.74) is 8.10. The van der Waals surface area contributed by atoms with Gasteiger partial charge in [-0.15, -0.1) is 12.4 Å². The van der Waals surface area contributed by atoms with E-state index in [9.17, 15) is 4.79 Å². The van der Waals surface area contributed by atoms with Crippen LogP contribution in [0.2, 0.25) is 0 Å². The standard InChI is InChI=1S/C14H18N2O2.ClH/c15-11-5-7-16(9-11)14(17)13-12-4-2-1-3-10(12)6-8-18-13;/h1-4,11,13H,5-9,15H2;1H/t11-,13?;/m0./s1. The highest BCUT2D eigenvalue weighted by molar-refractivity contribution is 5.85. The minimum absolute atomic E-state index is 0. The number of ether oxygens (including phenoxy) is 1. The fourth-order valence-corrected chi connectivity index (χ4v) is 2.75. The molecule has 2 aliphatic heterocycles. The number of likely N-dealkylation sites (tertiary alicyclic amines) is 1. The van der Waals surface area contributed by atoms with E-state index in [2.05, 4.69) is 6.07 Å². The Balaban J connectivity index is 0.00000133. The molecule has 0 aliphatic carbocycles. The molecule has 104 valence electrons. The van der Waals surface area contributed by atoms with Crippen molar-refractivity contribution in [2.75, 3.05) is 19.7 Å². The summed E-state index contributed by atoms with van der Waals surface area (Å²) in [6.45, 7) is 2.02. The Bertz CT molecular complexity index is 467. The van der Waals surface area contributed by atoms with Gasteiger partial charge in [-0.1, -0.05) is 24.3 Å². The van der Waals surface area contributed by atoms with Crippen molar-refractivity contribution in [2.24, 2.45) is 5.73 Å². The number of amides is 1. The number of nitrogens with two attached hydrogens (primary N) is 1. The summed E-state index contributed by atoms with van der Waals surface area (Å²) in [4.78, 5) is 14.3. The number of hydrogen-bond acceptors (Lipinski definition) is 3. The minimum atomic E-state index is -0.430. The van der Waals surface area contributed by atoms with Crippen molar-refractivity contribution in [3.05, 3.63) is 35.4 Å². The maximum atomic E-state index is 12.5. The van der Waals surface area contributed by atoms with Crippen molar-refractivity contribution in [1.82, 2.24) is 4.90 Å². The molecule has 0 spiro atoms. The molecule has 1 saturated heterocycles. The quantitative estimate of drug-likeness (QED) is 0.844. The molecule has 2 N–H and O–H groups in total. The molecule has 5 heteroatoms. The summed E-state index contributed by atoms with van der Waals surface area (Å²) in [7, 11) is 0. The van der Waals surface area contributed by atoms with Crippen LogP contribution in [-0.2, 0) is 16.0 Å². The normalized spacial score (nSPS) is 25.6. The topological polar surface area (TPSA) is 55.6 Å². The number of halogens is 1. The van der Waals surface area contributed by atoms with Gasteiger partial charge in [0.05, 0.1) is 6.61 Å². The van der Waals surface area contributed by atoms with E-state index in [1.54, 1.807) is 0 Å². The van der Waals surface area contributed by atoms with E-state index in [4.69, 9.17) is 10.5 Å². The lowest BCUT2D eigenvalue weighted by Crippen LogP contribution is -2.38. The van der Waals surface area contributed by atoms with Crippen molar-refractivity contribution in [1.29, 1.82) is 0 Å². The third-order valence-electron chi connectivity index (χ3n) is 3.75. The zero-order chi connectivity index (χ0) is 12.5. The number of benzene rings is 1. The molecule has 1 unspecified atom stereocenters. The Morgan fingerprint density at radius 1 is 1.37 bits per heavy atom. The van der Waals surface area contributed by atoms with E-state index < -0.39 is 6.10 Å². The molecule has 2 heterocycles. The molecule has 0 bridgehead atoms. The predicted octanol–water partition coefficient (Wildman–Crippen LogP) is 1.28. The van der Waals surface area contributed by atoms with Crippen LogP contribution < -0.4 is 5.73 Å². The first kappa shape index (κ1) is 14.3. The second kappa shape index (κ2) is 5.90. The zero-order valence-electron chi connectivity index (χ0n) is 10.7. The lowest BCUT2D eigenvalue weighted by molar-refractivity contribution is -0.144. The first-order valence-corrected chi connectivity index (χ1v) is 6.49. The number of nitrogens with zero attached hydrogens (tertiary/aromatic N) is 1. The van der Waals surface area contributed by atoms with Gasteiger partial charge in [0, 0.05) is 19.1 Å². The summed E-state index contributed by atoms with van der Waals surface area (Å²) >= 11 is 0. The van der Waals surface area contributed by atoms with Crippen LogP contribution in [0.1, 0.15) is 23.7 Å². The molecule has 2 atom stereocenters. The van der Waals surface area contributed by atoms with E-state index in [0.717, 1.165) is 24.9 Å². The minimum Gasteiger partial charge on any atom is -0.363 e. The molecule has 0 saturated carbocycles. The van der Waals surface area contributed by atoms with Gasteiger partial charge in [0.15, 0.2) is 6.10 Å². The van der Waals surface area contributed by atoms with Crippen molar-refractivity contribution in [3.8, 4) is 0 Å². The third kappa shape index (κ3) is 2.76. The fourth-order valence-electron chi connectivity index (χ4n) is 2.75. The maximum absolute atomic E-state index is 12.5. The molecule has 3 rings (SSSR count). The summed E-state index contributed by atoms with van der Waals surface area (Å²) in [5.74, 6) is 0.0649.